The fourth-order valence-corrected chi connectivity index (χ4v) is 2.11. The zero-order chi connectivity index (χ0) is 13.1. The highest BCUT2D eigenvalue weighted by atomic mass is 79.9. The lowest BCUT2D eigenvalue weighted by molar-refractivity contribution is 0.474. The van der Waals surface area contributed by atoms with Crippen molar-refractivity contribution >= 4 is 21.6 Å². The van der Waals surface area contributed by atoms with E-state index in [4.69, 9.17) is 0 Å². The van der Waals surface area contributed by atoms with Gasteiger partial charge in [0.2, 0.25) is 0 Å². The van der Waals surface area contributed by atoms with Gasteiger partial charge in [0.15, 0.2) is 0 Å². The molecule has 0 saturated heterocycles. The molecular weight excluding hydrogens is 290 g/mol. The number of hydrogen-bond donors (Lipinski definition) is 2. The molecule has 1 unspecified atom stereocenters. The number of anilines is 1. The van der Waals surface area contributed by atoms with Gasteiger partial charge in [0.25, 0.3) is 0 Å². The van der Waals surface area contributed by atoms with Crippen molar-refractivity contribution in [1.29, 1.82) is 0 Å². The first-order valence-corrected chi connectivity index (χ1v) is 6.67. The van der Waals surface area contributed by atoms with Gasteiger partial charge in [0, 0.05) is 16.2 Å². The van der Waals surface area contributed by atoms with E-state index >= 15 is 0 Å². The number of phenols is 1. The fourth-order valence-electron chi connectivity index (χ4n) is 1.86. The maximum atomic E-state index is 9.47. The van der Waals surface area contributed by atoms with E-state index in [9.17, 15) is 5.11 Å². The van der Waals surface area contributed by atoms with E-state index in [2.05, 4.69) is 41.2 Å². The van der Waals surface area contributed by atoms with Crippen molar-refractivity contribution < 1.29 is 5.11 Å². The Morgan fingerprint density at radius 1 is 1.17 bits per heavy atom. The van der Waals surface area contributed by atoms with Gasteiger partial charge in [-0.2, -0.15) is 0 Å². The molecule has 0 aliphatic rings. The lowest BCUT2D eigenvalue weighted by atomic mass is 10.1. The summed E-state index contributed by atoms with van der Waals surface area (Å²) in [5.41, 5.74) is 3.34. The van der Waals surface area contributed by atoms with Crippen LogP contribution in [0, 0.1) is 6.92 Å². The molecule has 3 heteroatoms. The third-order valence-electron chi connectivity index (χ3n) is 2.91. The summed E-state index contributed by atoms with van der Waals surface area (Å²) in [7, 11) is 0. The van der Waals surface area contributed by atoms with Crippen LogP contribution in [0.25, 0.3) is 0 Å². The molecule has 0 bridgehead atoms. The number of phenolic OH excluding ortho intramolecular Hbond substituents is 1. The van der Waals surface area contributed by atoms with Crippen LogP contribution in [0.4, 0.5) is 5.69 Å². The van der Waals surface area contributed by atoms with E-state index in [0.29, 0.717) is 5.75 Å². The number of hydrogen-bond acceptors (Lipinski definition) is 2. The topological polar surface area (TPSA) is 32.3 Å². The monoisotopic (exact) mass is 305 g/mol. The highest BCUT2D eigenvalue weighted by Gasteiger charge is 2.06. The molecule has 94 valence electrons. The summed E-state index contributed by atoms with van der Waals surface area (Å²) >= 11 is 3.49. The summed E-state index contributed by atoms with van der Waals surface area (Å²) in [4.78, 5) is 0. The summed E-state index contributed by atoms with van der Waals surface area (Å²) in [5, 5.41) is 12.9. The molecule has 0 fully saturated rings. The zero-order valence-corrected chi connectivity index (χ0v) is 12.0. The summed E-state index contributed by atoms with van der Waals surface area (Å²) in [6.07, 6.45) is 0. The number of rotatable bonds is 3. The number of aromatic hydroxyl groups is 1. The second-order valence-electron chi connectivity index (χ2n) is 4.42. The van der Waals surface area contributed by atoms with Crippen LogP contribution in [0.5, 0.6) is 5.75 Å². The first-order chi connectivity index (χ1) is 8.56. The van der Waals surface area contributed by atoms with Gasteiger partial charge in [-0.05, 0) is 55.3 Å². The molecule has 2 aromatic carbocycles. The largest absolute Gasteiger partial charge is 0.508 e. The number of benzene rings is 2. The maximum Gasteiger partial charge on any atom is 0.115 e. The minimum absolute atomic E-state index is 0.151. The van der Waals surface area contributed by atoms with E-state index in [0.717, 1.165) is 15.7 Å². The van der Waals surface area contributed by atoms with Crippen LogP contribution in [0.1, 0.15) is 24.1 Å². The predicted octanol–water partition coefficient (Wildman–Crippen LogP) is 4.64. The molecule has 0 heterocycles. The highest BCUT2D eigenvalue weighted by molar-refractivity contribution is 9.10. The predicted molar refractivity (Wildman–Crippen MR) is 79.0 cm³/mol. The quantitative estimate of drug-likeness (QED) is 0.866. The number of aryl methyl sites for hydroxylation is 1. The van der Waals surface area contributed by atoms with Gasteiger partial charge in [-0.3, -0.25) is 0 Å². The molecule has 0 aliphatic heterocycles. The molecule has 0 aliphatic carbocycles. The SMILES string of the molecule is Cc1cc(NC(C)c2cccc(O)c2)ccc1Br. The van der Waals surface area contributed by atoms with E-state index in [-0.39, 0.29) is 6.04 Å². The Labute approximate surface area is 116 Å². The van der Waals surface area contributed by atoms with Crippen LogP contribution in [-0.4, -0.2) is 5.11 Å². The van der Waals surface area contributed by atoms with Crippen molar-refractivity contribution in [3.8, 4) is 5.75 Å². The molecule has 0 aromatic heterocycles. The molecule has 2 nitrogen and oxygen atoms in total. The molecular formula is C15H16BrNO. The molecule has 2 N–H and O–H groups in total. The van der Waals surface area contributed by atoms with E-state index in [1.165, 1.54) is 5.56 Å². The lowest BCUT2D eigenvalue weighted by Crippen LogP contribution is -2.06. The first-order valence-electron chi connectivity index (χ1n) is 5.88. The van der Waals surface area contributed by atoms with Gasteiger partial charge in [-0.15, -0.1) is 0 Å². The molecule has 0 saturated carbocycles. The van der Waals surface area contributed by atoms with Crippen LogP contribution >= 0.6 is 15.9 Å². The van der Waals surface area contributed by atoms with Gasteiger partial charge in [0.1, 0.15) is 5.75 Å². The van der Waals surface area contributed by atoms with E-state index in [1.54, 1.807) is 12.1 Å². The Hall–Kier alpha value is -1.48. The van der Waals surface area contributed by atoms with Crippen molar-refractivity contribution in [1.82, 2.24) is 0 Å². The Kier molecular flexibility index (Phi) is 3.92. The third kappa shape index (κ3) is 3.05. The third-order valence-corrected chi connectivity index (χ3v) is 3.80. The first kappa shape index (κ1) is 13.0. The van der Waals surface area contributed by atoms with Gasteiger partial charge >= 0.3 is 0 Å². The van der Waals surface area contributed by atoms with Crippen LogP contribution in [-0.2, 0) is 0 Å². The summed E-state index contributed by atoms with van der Waals surface area (Å²) in [6.45, 7) is 4.14. The molecule has 2 rings (SSSR count). The molecule has 0 radical (unpaired) electrons. The van der Waals surface area contributed by atoms with Crippen molar-refractivity contribution in [2.75, 3.05) is 5.32 Å². The van der Waals surface area contributed by atoms with E-state index < -0.39 is 0 Å². The van der Waals surface area contributed by atoms with Crippen molar-refractivity contribution in [2.24, 2.45) is 0 Å². The highest BCUT2D eigenvalue weighted by Crippen LogP contribution is 2.25. The second kappa shape index (κ2) is 5.44. The Morgan fingerprint density at radius 3 is 2.61 bits per heavy atom. The van der Waals surface area contributed by atoms with Crippen molar-refractivity contribution in [3.63, 3.8) is 0 Å². The molecule has 0 spiro atoms. The second-order valence-corrected chi connectivity index (χ2v) is 5.28. The lowest BCUT2D eigenvalue weighted by Gasteiger charge is -2.16. The number of halogens is 1. The van der Waals surface area contributed by atoms with Crippen LogP contribution in [0.2, 0.25) is 0 Å². The molecule has 2 aromatic rings. The van der Waals surface area contributed by atoms with Gasteiger partial charge in [-0.1, -0.05) is 28.1 Å². The summed E-state index contributed by atoms with van der Waals surface area (Å²) in [5.74, 6) is 0.299. The Balaban J connectivity index is 2.16. The minimum Gasteiger partial charge on any atom is -0.508 e. The number of nitrogens with one attached hydrogen (secondary N) is 1. The summed E-state index contributed by atoms with van der Waals surface area (Å²) in [6, 6.07) is 13.6. The smallest absolute Gasteiger partial charge is 0.115 e. The van der Waals surface area contributed by atoms with Gasteiger partial charge in [0.05, 0.1) is 0 Å². The average molecular weight is 306 g/mol. The summed E-state index contributed by atoms with van der Waals surface area (Å²) < 4.78 is 1.11. The Bertz CT molecular complexity index is 554. The van der Waals surface area contributed by atoms with Crippen LogP contribution in [0.3, 0.4) is 0 Å². The molecule has 18 heavy (non-hydrogen) atoms. The standard InChI is InChI=1S/C15H16BrNO/c1-10-8-13(6-7-15(10)16)17-11(2)12-4-3-5-14(18)9-12/h3-9,11,17-18H,1-2H3. The minimum atomic E-state index is 0.151. The van der Waals surface area contributed by atoms with Crippen molar-refractivity contribution in [2.45, 2.75) is 19.9 Å². The van der Waals surface area contributed by atoms with Crippen molar-refractivity contribution in [3.05, 3.63) is 58.1 Å². The fraction of sp³-hybridized carbons (Fsp3) is 0.200. The average Bonchev–Trinajstić information content (AvgIpc) is 2.34. The van der Waals surface area contributed by atoms with E-state index in [1.807, 2.05) is 24.3 Å². The zero-order valence-electron chi connectivity index (χ0n) is 10.4. The maximum absolute atomic E-state index is 9.47. The molecule has 0 amide bonds. The normalized spacial score (nSPS) is 12.2. The van der Waals surface area contributed by atoms with Crippen LogP contribution in [0.15, 0.2) is 46.9 Å². The van der Waals surface area contributed by atoms with Gasteiger partial charge in [-0.25, -0.2) is 0 Å². The van der Waals surface area contributed by atoms with Gasteiger partial charge < -0.3 is 10.4 Å². The molecule has 1 atom stereocenters. The Morgan fingerprint density at radius 2 is 1.94 bits per heavy atom. The van der Waals surface area contributed by atoms with Crippen LogP contribution < -0.4 is 5.32 Å².